The normalized spacial score (nSPS) is 17.3. The number of hydrogen-bond acceptors (Lipinski definition) is 4. The molecule has 3 heterocycles. The molecule has 0 atom stereocenters. The van der Waals surface area contributed by atoms with E-state index in [1.807, 2.05) is 59.9 Å². The summed E-state index contributed by atoms with van der Waals surface area (Å²) in [5.74, 6) is 0. The lowest BCUT2D eigenvalue weighted by Crippen LogP contribution is -2.61. The lowest BCUT2D eigenvalue weighted by molar-refractivity contribution is 0.332. The summed E-state index contributed by atoms with van der Waals surface area (Å²) in [4.78, 5) is 7.63. The van der Waals surface area contributed by atoms with Gasteiger partial charge in [0, 0.05) is 49.5 Å². The summed E-state index contributed by atoms with van der Waals surface area (Å²) < 4.78 is 1.15. The van der Waals surface area contributed by atoms with E-state index in [2.05, 4.69) is 89.5 Å². The molecule has 6 aromatic carbocycles. The van der Waals surface area contributed by atoms with Gasteiger partial charge in [0.2, 0.25) is 0 Å². The van der Waals surface area contributed by atoms with Gasteiger partial charge in [-0.25, -0.2) is 0 Å². The minimum Gasteiger partial charge on any atom is -0.313 e. The molecule has 3 nitrogen and oxygen atoms in total. The van der Waals surface area contributed by atoms with Crippen molar-refractivity contribution in [1.82, 2.24) is 0 Å². The number of thiophene rings is 1. The Morgan fingerprint density at radius 1 is 0.456 bits per heavy atom. The van der Waals surface area contributed by atoms with Crippen molar-refractivity contribution >= 4 is 265 Å². The average molecular weight is 999 g/mol. The van der Waals surface area contributed by atoms with Gasteiger partial charge in [-0.2, -0.15) is 11.3 Å². The molecular weight excluding hydrogens is 955 g/mol. The van der Waals surface area contributed by atoms with Crippen LogP contribution in [0.2, 0.25) is 0 Å². The molecule has 11 rings (SSSR count). The Labute approximate surface area is 494 Å². The summed E-state index contributed by atoms with van der Waals surface area (Å²) in [5.41, 5.74) is 11.7. The van der Waals surface area contributed by atoms with Crippen LogP contribution >= 0.6 is 11.3 Å². The Morgan fingerprint density at radius 3 is 1.42 bits per heavy atom. The van der Waals surface area contributed by atoms with Gasteiger partial charge < -0.3 is 14.7 Å². The lowest BCUT2D eigenvalue weighted by atomic mass is 9.34. The van der Waals surface area contributed by atoms with E-state index >= 15 is 0 Å². The minimum absolute atomic E-state index is 0.00264. The highest BCUT2D eigenvalue weighted by atomic mass is 32.1. The Balaban J connectivity index is 1.37. The molecule has 0 amide bonds. The molecule has 0 bridgehead atoms. The van der Waals surface area contributed by atoms with E-state index in [0.29, 0.717) is 22.5 Å². The summed E-state index contributed by atoms with van der Waals surface area (Å²) in [6.07, 6.45) is 3.98. The SMILES string of the molecule is [B]c1c([B])c([B])c(N(c2cc3c4c(c2)N(c2ccc5c(c2)C(C)(C)CCC5(C)C)c2c(sc5c2C(C)(C)CCC5(C)C)B4c2cc(C([B])([B])[B])ccc2N3c2ccc(C([B])([B])[B])cc2)c2c([B])c([B])c([B])c([B])c2[B])c([B])c1[B]. The third kappa shape index (κ3) is 8.57. The van der Waals surface area contributed by atoms with Gasteiger partial charge in [-0.15, -0.1) is 43.0 Å². The van der Waals surface area contributed by atoms with Gasteiger partial charge in [0.1, 0.15) is 78.5 Å². The molecule has 2 aliphatic carbocycles. The molecule has 0 unspecified atom stereocenters. The molecule has 0 fully saturated rings. The van der Waals surface area contributed by atoms with Crippen molar-refractivity contribution in [3.05, 3.63) is 105 Å². The summed E-state index contributed by atoms with van der Waals surface area (Å²) in [6, 6.07) is 24.5. The maximum Gasteiger partial charge on any atom is 0.264 e. The topological polar surface area (TPSA) is 9.72 Å². The molecule has 7 aromatic rings. The predicted octanol–water partition coefficient (Wildman–Crippen LogP) is -0.832. The van der Waals surface area contributed by atoms with Gasteiger partial charge in [-0.05, 0) is 117 Å². The summed E-state index contributed by atoms with van der Waals surface area (Å²) in [6.45, 7) is 18.3. The molecular formula is C58H44B17N3S. The Morgan fingerprint density at radius 2 is 0.899 bits per heavy atom. The summed E-state index contributed by atoms with van der Waals surface area (Å²) in [7, 11) is 108. The highest BCUT2D eigenvalue weighted by Gasteiger charge is 2.52. The van der Waals surface area contributed by atoms with Gasteiger partial charge in [0.15, 0.2) is 0 Å². The molecule has 21 heteroatoms. The number of rotatable bonds is 7. The molecule has 1 aromatic heterocycles. The molecule has 0 saturated heterocycles. The summed E-state index contributed by atoms with van der Waals surface area (Å²) >= 11 is 1.86. The van der Waals surface area contributed by atoms with E-state index in [1.54, 1.807) is 4.90 Å². The van der Waals surface area contributed by atoms with Crippen molar-refractivity contribution in [3.8, 4) is 0 Å². The van der Waals surface area contributed by atoms with Crippen LogP contribution < -0.4 is 85.0 Å². The van der Waals surface area contributed by atoms with E-state index in [1.165, 1.54) is 21.6 Å². The first kappa shape index (κ1) is 56.4. The fourth-order valence-electron chi connectivity index (χ4n) is 12.8. The van der Waals surface area contributed by atoms with E-state index in [9.17, 15) is 0 Å². The van der Waals surface area contributed by atoms with Crippen molar-refractivity contribution in [1.29, 1.82) is 0 Å². The van der Waals surface area contributed by atoms with Crippen LogP contribution in [0.25, 0.3) is 0 Å². The predicted molar refractivity (Wildman–Crippen MR) is 355 cm³/mol. The molecule has 32 radical (unpaired) electrons. The second kappa shape index (κ2) is 18.5. The molecule has 0 saturated carbocycles. The van der Waals surface area contributed by atoms with Crippen molar-refractivity contribution < 1.29 is 0 Å². The van der Waals surface area contributed by atoms with Crippen LogP contribution in [-0.2, 0) is 31.9 Å². The third-order valence-corrected chi connectivity index (χ3v) is 19.4. The van der Waals surface area contributed by atoms with Gasteiger partial charge in [0.05, 0.1) is 58.5 Å². The van der Waals surface area contributed by atoms with E-state index in [0.717, 1.165) is 69.8 Å². The van der Waals surface area contributed by atoms with Crippen molar-refractivity contribution in [2.24, 2.45) is 0 Å². The smallest absolute Gasteiger partial charge is 0.264 e. The van der Waals surface area contributed by atoms with Crippen LogP contribution in [0, 0.1) is 0 Å². The molecule has 348 valence electrons. The Hall–Kier alpha value is -4.48. The molecule has 0 N–H and O–H groups in total. The number of fused-ring (bicyclic) bond motifs is 7. The van der Waals surface area contributed by atoms with Gasteiger partial charge in [-0.3, -0.25) is 0 Å². The Kier molecular flexibility index (Phi) is 13.2. The first-order valence-corrected chi connectivity index (χ1v) is 27.3. The molecule has 4 aliphatic rings. The number of nitrogens with zero attached hydrogens (tertiary/aromatic N) is 3. The molecule has 2 aliphatic heterocycles. The molecule has 0 spiro atoms. The fourth-order valence-corrected chi connectivity index (χ4v) is 14.6. The third-order valence-electron chi connectivity index (χ3n) is 17.8. The van der Waals surface area contributed by atoms with Crippen molar-refractivity contribution in [3.63, 3.8) is 0 Å². The van der Waals surface area contributed by atoms with Crippen molar-refractivity contribution in [2.75, 3.05) is 14.7 Å². The number of hydrogen-bond donors (Lipinski definition) is 0. The van der Waals surface area contributed by atoms with Crippen LogP contribution in [-0.4, -0.2) is 132 Å². The maximum absolute atomic E-state index is 7.14. The van der Waals surface area contributed by atoms with Crippen LogP contribution in [0.1, 0.15) is 114 Å². The summed E-state index contributed by atoms with van der Waals surface area (Å²) in [5, 5.41) is -3.33. The Bertz CT molecular complexity index is 3630. The van der Waals surface area contributed by atoms with E-state index in [4.69, 9.17) is 126 Å². The van der Waals surface area contributed by atoms with Gasteiger partial charge >= 0.3 is 0 Å². The first-order chi connectivity index (χ1) is 36.6. The minimum atomic E-state index is -1.70. The molecule has 79 heavy (non-hydrogen) atoms. The monoisotopic (exact) mass is 1000 g/mol. The van der Waals surface area contributed by atoms with E-state index in [-0.39, 0.29) is 87.7 Å². The average Bonchev–Trinajstić information content (AvgIpc) is 3.61. The zero-order valence-electron chi connectivity index (χ0n) is 46.3. The quantitative estimate of drug-likeness (QED) is 0.194. The lowest BCUT2D eigenvalue weighted by Gasteiger charge is -2.47. The van der Waals surface area contributed by atoms with E-state index < -0.39 is 16.9 Å². The van der Waals surface area contributed by atoms with Crippen LogP contribution in [0.5, 0.6) is 0 Å². The van der Waals surface area contributed by atoms with Gasteiger partial charge in [0.25, 0.3) is 6.71 Å². The van der Waals surface area contributed by atoms with Crippen molar-refractivity contribution in [2.45, 2.75) is 113 Å². The maximum atomic E-state index is 7.14. The van der Waals surface area contributed by atoms with Crippen LogP contribution in [0.15, 0.2) is 72.8 Å². The highest BCUT2D eigenvalue weighted by Crippen LogP contribution is 2.58. The van der Waals surface area contributed by atoms with Gasteiger partial charge in [-0.1, -0.05) is 119 Å². The van der Waals surface area contributed by atoms with Crippen LogP contribution in [0.3, 0.4) is 0 Å². The second-order valence-electron chi connectivity index (χ2n) is 25.1. The number of anilines is 9. The zero-order valence-corrected chi connectivity index (χ0v) is 47.1. The standard InChI is InChI=1S/C58H44B17N3S/c1-53(2)17-18-54(3,4)31-22-28(14-15-30(31)53)77-35-24-29(78(49-43(65)39(61)37(59)40(62)44(49)66)50-45(67)41(63)38(60)42(64)46(50)68)23-34-47(35)75(52-48(77)36-51(79-52)56(7,8)20-19-55(36,5)6)32-21-26(58(72,73)74)11-16-33(32)76(34)27-12-9-25(10-13-27)57(69,70)71/h9-16,21-24H,17-20H2,1-8H3. The van der Waals surface area contributed by atoms with Crippen LogP contribution in [0.4, 0.5) is 51.2 Å². The first-order valence-electron chi connectivity index (χ1n) is 26.5. The second-order valence-corrected chi connectivity index (χ2v) is 26.2. The number of benzene rings is 6. The highest BCUT2D eigenvalue weighted by molar-refractivity contribution is 7.29. The fraction of sp³-hybridized carbons (Fsp3) is 0.310. The zero-order chi connectivity index (χ0) is 57.5. The largest absolute Gasteiger partial charge is 0.313 e.